The first-order chi connectivity index (χ1) is 14.9. The number of hydrogen-bond acceptors (Lipinski definition) is 5. The van der Waals surface area contributed by atoms with Crippen LogP contribution < -0.4 is 16.1 Å². The van der Waals surface area contributed by atoms with Crippen molar-refractivity contribution in [1.82, 2.24) is 5.43 Å². The van der Waals surface area contributed by atoms with E-state index in [1.807, 2.05) is 0 Å². The molecule has 0 saturated carbocycles. The minimum Gasteiger partial charge on any atom is -0.508 e. The van der Waals surface area contributed by atoms with Crippen molar-refractivity contribution < 1.29 is 19.5 Å². The molecular weight excluding hydrogens is 464 g/mol. The van der Waals surface area contributed by atoms with Gasteiger partial charge in [-0.2, -0.15) is 5.10 Å². The molecule has 0 aromatic heterocycles. The van der Waals surface area contributed by atoms with Gasteiger partial charge in [-0.1, -0.05) is 40.2 Å². The van der Waals surface area contributed by atoms with E-state index in [4.69, 9.17) is 0 Å². The second-order valence-electron chi connectivity index (χ2n) is 6.25. The molecule has 0 atom stereocenters. The molecule has 0 aliphatic rings. The lowest BCUT2D eigenvalue weighted by Gasteiger charge is -2.11. The molecule has 0 saturated heterocycles. The van der Waals surface area contributed by atoms with Gasteiger partial charge in [-0.25, -0.2) is 5.43 Å². The Morgan fingerprint density at radius 1 is 0.871 bits per heavy atom. The van der Waals surface area contributed by atoms with Gasteiger partial charge in [0, 0.05) is 10.2 Å². The number of phenolic OH excluding ortho intramolecular Hbond substituents is 1. The fraction of sp³-hybridized carbons (Fsp3) is 0. The quantitative estimate of drug-likeness (QED) is 0.253. The zero-order chi connectivity index (χ0) is 22.2. The summed E-state index contributed by atoms with van der Waals surface area (Å²) >= 11 is 3.32. The monoisotopic (exact) mass is 480 g/mol. The topological polar surface area (TPSA) is 120 Å². The molecule has 31 heavy (non-hydrogen) atoms. The summed E-state index contributed by atoms with van der Waals surface area (Å²) in [6.07, 6.45) is 1.28. The van der Waals surface area contributed by atoms with Crippen molar-refractivity contribution in [3.63, 3.8) is 0 Å². The van der Waals surface area contributed by atoms with Crippen LogP contribution in [0.4, 0.5) is 11.4 Å². The number of amides is 3. The number of para-hydroxylation sites is 1. The Labute approximate surface area is 186 Å². The van der Waals surface area contributed by atoms with Crippen LogP contribution in [-0.4, -0.2) is 29.0 Å². The molecule has 3 aromatic rings. The van der Waals surface area contributed by atoms with Gasteiger partial charge < -0.3 is 15.7 Å². The third-order valence-corrected chi connectivity index (χ3v) is 4.51. The van der Waals surface area contributed by atoms with E-state index >= 15 is 0 Å². The Balaban J connectivity index is 1.63. The highest BCUT2D eigenvalue weighted by molar-refractivity contribution is 9.10. The molecule has 3 amide bonds. The number of halogens is 1. The van der Waals surface area contributed by atoms with Crippen LogP contribution in [0.5, 0.6) is 5.75 Å². The van der Waals surface area contributed by atoms with Gasteiger partial charge in [0.15, 0.2) is 0 Å². The van der Waals surface area contributed by atoms with Crippen LogP contribution in [0.15, 0.2) is 82.4 Å². The average Bonchev–Trinajstić information content (AvgIpc) is 2.75. The lowest BCUT2D eigenvalue weighted by atomic mass is 10.1. The molecule has 156 valence electrons. The van der Waals surface area contributed by atoms with E-state index in [1.54, 1.807) is 48.5 Å². The summed E-state index contributed by atoms with van der Waals surface area (Å²) < 4.78 is 0.871. The smallest absolute Gasteiger partial charge is 0.329 e. The van der Waals surface area contributed by atoms with Crippen molar-refractivity contribution >= 4 is 51.2 Å². The maximum absolute atomic E-state index is 12.6. The van der Waals surface area contributed by atoms with Gasteiger partial charge in [0.1, 0.15) is 5.75 Å². The minimum absolute atomic E-state index is 0.0473. The zero-order valence-electron chi connectivity index (χ0n) is 16.0. The molecule has 4 N–H and O–H groups in total. The number of nitrogens with zero attached hydrogens (tertiary/aromatic N) is 1. The largest absolute Gasteiger partial charge is 0.508 e. The molecule has 3 rings (SSSR count). The first-order valence-corrected chi connectivity index (χ1v) is 9.81. The van der Waals surface area contributed by atoms with Crippen molar-refractivity contribution in [2.75, 3.05) is 10.6 Å². The third-order valence-electron chi connectivity index (χ3n) is 3.98. The summed E-state index contributed by atoms with van der Waals surface area (Å²) in [5.74, 6) is -2.40. The Morgan fingerprint density at radius 3 is 2.35 bits per heavy atom. The van der Waals surface area contributed by atoms with Gasteiger partial charge in [0.2, 0.25) is 0 Å². The highest BCUT2D eigenvalue weighted by Gasteiger charge is 2.17. The summed E-state index contributed by atoms with van der Waals surface area (Å²) in [4.78, 5) is 36.8. The molecule has 0 radical (unpaired) electrons. The molecule has 0 fully saturated rings. The van der Waals surface area contributed by atoms with E-state index < -0.39 is 17.7 Å². The van der Waals surface area contributed by atoms with Crippen molar-refractivity contribution in [3.05, 3.63) is 88.4 Å². The average molecular weight is 481 g/mol. The number of nitrogens with one attached hydrogen (secondary N) is 3. The molecule has 9 heteroatoms. The molecule has 0 heterocycles. The summed E-state index contributed by atoms with van der Waals surface area (Å²) in [5, 5.41) is 18.2. The van der Waals surface area contributed by atoms with E-state index in [0.29, 0.717) is 11.3 Å². The Hall–Kier alpha value is -3.98. The summed E-state index contributed by atoms with van der Waals surface area (Å²) in [7, 11) is 0. The highest BCUT2D eigenvalue weighted by Crippen LogP contribution is 2.19. The van der Waals surface area contributed by atoms with Crippen LogP contribution in [0.25, 0.3) is 0 Å². The number of anilines is 2. The van der Waals surface area contributed by atoms with E-state index in [9.17, 15) is 19.5 Å². The van der Waals surface area contributed by atoms with E-state index in [0.717, 1.165) is 4.47 Å². The minimum atomic E-state index is -1.01. The number of hydrogen-bond donors (Lipinski definition) is 4. The van der Waals surface area contributed by atoms with Crippen molar-refractivity contribution in [1.29, 1.82) is 0 Å². The van der Waals surface area contributed by atoms with Crippen molar-refractivity contribution in [2.24, 2.45) is 5.10 Å². The first kappa shape index (κ1) is 21.7. The standard InChI is InChI=1S/C22H17BrN4O4/c23-15-8-10-16(11-9-15)25-20(29)18-6-1-2-7-19(18)26-21(30)22(31)27-24-13-14-4-3-5-17(28)12-14/h1-13,28H,(H,25,29)(H,26,30)(H,27,31)/b24-13-. The van der Waals surface area contributed by atoms with Crippen LogP contribution in [0.3, 0.4) is 0 Å². The molecule has 0 bridgehead atoms. The summed E-state index contributed by atoms with van der Waals surface area (Å²) in [6.45, 7) is 0. The van der Waals surface area contributed by atoms with E-state index in [2.05, 4.69) is 37.1 Å². The second kappa shape index (κ2) is 10.2. The van der Waals surface area contributed by atoms with Gasteiger partial charge in [0.25, 0.3) is 5.91 Å². The van der Waals surface area contributed by atoms with Crippen molar-refractivity contribution in [3.8, 4) is 5.75 Å². The van der Waals surface area contributed by atoms with Gasteiger partial charge in [0.05, 0.1) is 17.5 Å². The zero-order valence-corrected chi connectivity index (χ0v) is 17.6. The normalized spacial score (nSPS) is 10.5. The SMILES string of the molecule is O=C(N/N=C\c1cccc(O)c1)C(=O)Nc1ccccc1C(=O)Nc1ccc(Br)cc1. The number of rotatable bonds is 5. The third kappa shape index (κ3) is 6.25. The first-order valence-electron chi connectivity index (χ1n) is 9.02. The Morgan fingerprint density at radius 2 is 1.61 bits per heavy atom. The number of aromatic hydroxyl groups is 1. The molecule has 0 aliphatic carbocycles. The van der Waals surface area contributed by atoms with Gasteiger partial charge >= 0.3 is 11.8 Å². The summed E-state index contributed by atoms with van der Waals surface area (Å²) in [5.41, 5.74) is 3.58. The van der Waals surface area contributed by atoms with Crippen molar-refractivity contribution in [2.45, 2.75) is 0 Å². The molecular formula is C22H17BrN4O4. The number of benzene rings is 3. The molecule has 3 aromatic carbocycles. The lowest BCUT2D eigenvalue weighted by Crippen LogP contribution is -2.33. The van der Waals surface area contributed by atoms with Crippen LogP contribution >= 0.6 is 15.9 Å². The number of phenols is 1. The molecule has 0 spiro atoms. The van der Waals surface area contributed by atoms with Crippen LogP contribution in [0, 0.1) is 0 Å². The van der Waals surface area contributed by atoms with Gasteiger partial charge in [-0.3, -0.25) is 14.4 Å². The lowest BCUT2D eigenvalue weighted by molar-refractivity contribution is -0.136. The predicted octanol–water partition coefficient (Wildman–Crippen LogP) is 3.50. The fourth-order valence-electron chi connectivity index (χ4n) is 2.52. The van der Waals surface area contributed by atoms with Crippen LogP contribution in [0.1, 0.15) is 15.9 Å². The maximum atomic E-state index is 12.6. The predicted molar refractivity (Wildman–Crippen MR) is 121 cm³/mol. The van der Waals surface area contributed by atoms with Gasteiger partial charge in [-0.05, 0) is 54.1 Å². The maximum Gasteiger partial charge on any atom is 0.329 e. The van der Waals surface area contributed by atoms with Gasteiger partial charge in [-0.15, -0.1) is 0 Å². The Bertz CT molecular complexity index is 1150. The number of hydrazone groups is 1. The van der Waals surface area contributed by atoms with Crippen LogP contribution in [0.2, 0.25) is 0 Å². The number of carbonyl (C=O) groups excluding carboxylic acids is 3. The fourth-order valence-corrected chi connectivity index (χ4v) is 2.79. The van der Waals surface area contributed by atoms with Crippen LogP contribution in [-0.2, 0) is 9.59 Å². The summed E-state index contributed by atoms with van der Waals surface area (Å²) in [6, 6.07) is 19.5. The molecule has 0 aliphatic heterocycles. The Kier molecular flexibility index (Phi) is 7.13. The second-order valence-corrected chi connectivity index (χ2v) is 7.17. The molecule has 8 nitrogen and oxygen atoms in total. The molecule has 0 unspecified atom stereocenters. The van der Waals surface area contributed by atoms with E-state index in [-0.39, 0.29) is 17.0 Å². The van der Waals surface area contributed by atoms with E-state index in [1.165, 1.54) is 30.5 Å². The number of carbonyl (C=O) groups is 3. The highest BCUT2D eigenvalue weighted by atomic mass is 79.9.